The molecule has 0 saturated heterocycles. The first-order valence-corrected chi connectivity index (χ1v) is 4.54. The van der Waals surface area contributed by atoms with Crippen molar-refractivity contribution in [3.63, 3.8) is 0 Å². The third-order valence-corrected chi connectivity index (χ3v) is 3.20. The molecule has 0 aliphatic rings. The Bertz CT molecular complexity index is 371. The first kappa shape index (κ1) is 10.1. The molecule has 13 heavy (non-hydrogen) atoms. The number of halogens is 1. The highest BCUT2D eigenvalue weighted by atomic mass is 35.5. The monoisotopic (exact) mass is 193 g/mol. The van der Waals surface area contributed by atoms with Crippen molar-refractivity contribution < 1.29 is 0 Å². The van der Waals surface area contributed by atoms with Crippen LogP contribution < -0.4 is 0 Å². The van der Waals surface area contributed by atoms with Crippen molar-refractivity contribution >= 4 is 11.6 Å². The quantitative estimate of drug-likeness (QED) is 0.619. The van der Waals surface area contributed by atoms with E-state index in [1.54, 1.807) is 0 Å². The van der Waals surface area contributed by atoms with Gasteiger partial charge < -0.3 is 0 Å². The topological polar surface area (TPSA) is 23.8 Å². The first-order chi connectivity index (χ1) is 6.00. The summed E-state index contributed by atoms with van der Waals surface area (Å²) in [7, 11) is 0. The number of hydrogen-bond donors (Lipinski definition) is 0. The van der Waals surface area contributed by atoms with Crippen molar-refractivity contribution in [2.75, 3.05) is 0 Å². The number of rotatable bonds is 0. The Kier molecular flexibility index (Phi) is 2.63. The SMILES string of the molecule is Cc1c(C)c(C)c(C#N)c(Cl)c1C. The zero-order valence-corrected chi connectivity index (χ0v) is 9.08. The molecule has 0 radical (unpaired) electrons. The van der Waals surface area contributed by atoms with Gasteiger partial charge in [0.05, 0.1) is 10.6 Å². The lowest BCUT2D eigenvalue weighted by atomic mass is 9.95. The molecule has 0 aliphatic heterocycles. The molecule has 0 fully saturated rings. The van der Waals surface area contributed by atoms with Gasteiger partial charge >= 0.3 is 0 Å². The lowest BCUT2D eigenvalue weighted by molar-refractivity contribution is 1.20. The summed E-state index contributed by atoms with van der Waals surface area (Å²) in [6.45, 7) is 7.94. The van der Waals surface area contributed by atoms with E-state index in [0.717, 1.165) is 11.1 Å². The lowest BCUT2D eigenvalue weighted by Crippen LogP contribution is -1.96. The summed E-state index contributed by atoms with van der Waals surface area (Å²) in [6, 6.07) is 2.14. The zero-order valence-electron chi connectivity index (χ0n) is 8.33. The second-order valence-corrected chi connectivity index (χ2v) is 3.68. The van der Waals surface area contributed by atoms with Gasteiger partial charge in [-0.2, -0.15) is 5.26 Å². The summed E-state index contributed by atoms with van der Waals surface area (Å²) in [5.74, 6) is 0. The third kappa shape index (κ3) is 1.43. The van der Waals surface area contributed by atoms with E-state index in [9.17, 15) is 0 Å². The summed E-state index contributed by atoms with van der Waals surface area (Å²) in [6.07, 6.45) is 0. The fourth-order valence-electron chi connectivity index (χ4n) is 1.40. The fraction of sp³-hybridized carbons (Fsp3) is 0.364. The maximum Gasteiger partial charge on any atom is 0.101 e. The van der Waals surface area contributed by atoms with Gasteiger partial charge in [-0.15, -0.1) is 0 Å². The van der Waals surface area contributed by atoms with Crippen LogP contribution in [0.3, 0.4) is 0 Å². The van der Waals surface area contributed by atoms with Crippen LogP contribution in [0, 0.1) is 39.0 Å². The number of benzene rings is 1. The van der Waals surface area contributed by atoms with Crippen LogP contribution in [-0.4, -0.2) is 0 Å². The molecule has 0 bridgehead atoms. The smallest absolute Gasteiger partial charge is 0.101 e. The minimum atomic E-state index is 0.600. The van der Waals surface area contributed by atoms with E-state index in [0.29, 0.717) is 10.6 Å². The van der Waals surface area contributed by atoms with Gasteiger partial charge in [-0.3, -0.25) is 0 Å². The minimum absolute atomic E-state index is 0.600. The third-order valence-electron chi connectivity index (χ3n) is 2.72. The predicted molar refractivity (Wildman–Crippen MR) is 55.1 cm³/mol. The molecule has 0 unspecified atom stereocenters. The predicted octanol–water partition coefficient (Wildman–Crippen LogP) is 3.45. The average molecular weight is 194 g/mol. The van der Waals surface area contributed by atoms with Crippen molar-refractivity contribution in [1.82, 2.24) is 0 Å². The van der Waals surface area contributed by atoms with E-state index < -0.39 is 0 Å². The standard InChI is InChI=1S/C11H12ClN/c1-6-7(2)9(4)11(12)10(5-13)8(6)3/h1-4H3. The molecule has 1 nitrogen and oxygen atoms in total. The summed E-state index contributed by atoms with van der Waals surface area (Å²) < 4.78 is 0. The van der Waals surface area contributed by atoms with Gasteiger partial charge in [-0.05, 0) is 49.9 Å². The van der Waals surface area contributed by atoms with Crippen LogP contribution >= 0.6 is 11.6 Å². The van der Waals surface area contributed by atoms with Crippen molar-refractivity contribution in [2.45, 2.75) is 27.7 Å². The molecular formula is C11H12ClN. The molecule has 1 rings (SSSR count). The lowest BCUT2D eigenvalue weighted by Gasteiger charge is -2.12. The Labute approximate surface area is 84.0 Å². The minimum Gasteiger partial charge on any atom is -0.192 e. The van der Waals surface area contributed by atoms with E-state index >= 15 is 0 Å². The van der Waals surface area contributed by atoms with Gasteiger partial charge in [0.25, 0.3) is 0 Å². The van der Waals surface area contributed by atoms with Crippen molar-refractivity contribution in [3.05, 3.63) is 32.8 Å². The number of hydrogen-bond acceptors (Lipinski definition) is 1. The van der Waals surface area contributed by atoms with Crippen LogP contribution in [0.5, 0.6) is 0 Å². The highest BCUT2D eigenvalue weighted by molar-refractivity contribution is 6.32. The van der Waals surface area contributed by atoms with Gasteiger partial charge in [-0.25, -0.2) is 0 Å². The van der Waals surface area contributed by atoms with Gasteiger partial charge in [0.1, 0.15) is 6.07 Å². The molecule has 0 spiro atoms. The molecule has 0 amide bonds. The molecule has 0 heterocycles. The molecule has 0 aromatic heterocycles. The van der Waals surface area contributed by atoms with E-state index in [2.05, 4.69) is 6.07 Å². The van der Waals surface area contributed by atoms with Crippen LogP contribution in [-0.2, 0) is 0 Å². The van der Waals surface area contributed by atoms with E-state index in [-0.39, 0.29) is 0 Å². The van der Waals surface area contributed by atoms with E-state index in [4.69, 9.17) is 16.9 Å². The molecule has 1 aromatic rings. The van der Waals surface area contributed by atoms with Crippen LogP contribution in [0.25, 0.3) is 0 Å². The van der Waals surface area contributed by atoms with E-state index in [1.807, 2.05) is 27.7 Å². The molecule has 0 aliphatic carbocycles. The van der Waals surface area contributed by atoms with Crippen LogP contribution in [0.2, 0.25) is 5.02 Å². The Balaban J connectivity index is 3.69. The second kappa shape index (κ2) is 3.40. The maximum atomic E-state index is 8.90. The molecule has 68 valence electrons. The Morgan fingerprint density at radius 1 is 0.923 bits per heavy atom. The first-order valence-electron chi connectivity index (χ1n) is 4.16. The molecule has 0 atom stereocenters. The number of nitriles is 1. The molecular weight excluding hydrogens is 182 g/mol. The molecule has 0 N–H and O–H groups in total. The normalized spacial score (nSPS) is 9.85. The van der Waals surface area contributed by atoms with Crippen molar-refractivity contribution in [3.8, 4) is 6.07 Å². The van der Waals surface area contributed by atoms with Crippen LogP contribution in [0.15, 0.2) is 0 Å². The fourth-order valence-corrected chi connectivity index (χ4v) is 1.73. The highest BCUT2D eigenvalue weighted by Gasteiger charge is 2.12. The van der Waals surface area contributed by atoms with Gasteiger partial charge in [-0.1, -0.05) is 11.6 Å². The van der Waals surface area contributed by atoms with Crippen LogP contribution in [0.1, 0.15) is 27.8 Å². The second-order valence-electron chi connectivity index (χ2n) is 3.30. The van der Waals surface area contributed by atoms with Crippen LogP contribution in [0.4, 0.5) is 0 Å². The molecule has 1 aromatic carbocycles. The van der Waals surface area contributed by atoms with Crippen molar-refractivity contribution in [2.24, 2.45) is 0 Å². The van der Waals surface area contributed by atoms with Gasteiger partial charge in [0.15, 0.2) is 0 Å². The highest BCUT2D eigenvalue weighted by Crippen LogP contribution is 2.29. The zero-order chi connectivity index (χ0) is 10.2. The summed E-state index contributed by atoms with van der Waals surface area (Å²) in [5.41, 5.74) is 4.97. The van der Waals surface area contributed by atoms with Gasteiger partial charge in [0, 0.05) is 0 Å². The average Bonchev–Trinajstić information content (AvgIpc) is 2.13. The Hall–Kier alpha value is -1.00. The Morgan fingerprint density at radius 2 is 1.38 bits per heavy atom. The van der Waals surface area contributed by atoms with E-state index in [1.165, 1.54) is 11.1 Å². The summed E-state index contributed by atoms with van der Waals surface area (Å²) in [4.78, 5) is 0. The Morgan fingerprint density at radius 3 is 1.85 bits per heavy atom. The maximum absolute atomic E-state index is 8.90. The molecule has 0 saturated carbocycles. The molecule has 2 heteroatoms. The number of nitrogens with zero attached hydrogens (tertiary/aromatic N) is 1. The summed E-state index contributed by atoms with van der Waals surface area (Å²) in [5, 5.41) is 9.50. The summed E-state index contributed by atoms with van der Waals surface area (Å²) >= 11 is 6.05. The van der Waals surface area contributed by atoms with Crippen molar-refractivity contribution in [1.29, 1.82) is 5.26 Å². The largest absolute Gasteiger partial charge is 0.192 e. The van der Waals surface area contributed by atoms with Gasteiger partial charge in [0.2, 0.25) is 0 Å².